The first-order valence-corrected chi connectivity index (χ1v) is 43.7. The molecule has 0 N–H and O–H groups in total. The third-order valence-electron chi connectivity index (χ3n) is 26.2. The molecule has 0 aliphatic heterocycles. The third kappa shape index (κ3) is 12.4. The van der Waals surface area contributed by atoms with Crippen molar-refractivity contribution in [3.63, 3.8) is 0 Å². The van der Waals surface area contributed by atoms with Crippen LogP contribution in [-0.4, -0.2) is 29.9 Å². The summed E-state index contributed by atoms with van der Waals surface area (Å²) >= 11 is 0. The Labute approximate surface area is 736 Å². The summed E-state index contributed by atoms with van der Waals surface area (Å²) in [5.41, 5.74) is 20.9. The van der Waals surface area contributed by atoms with Gasteiger partial charge in [0.1, 0.15) is 0 Å². The van der Waals surface area contributed by atoms with Gasteiger partial charge in [-0.05, 0) is 199 Å². The Bertz CT molecular complexity index is 8670. The molecule has 27 rings (SSSR count). The average Bonchev–Trinajstić information content (AvgIpc) is 0.755. The molecule has 0 spiro atoms. The Morgan fingerprint density at radius 1 is 0.117 bits per heavy atom. The van der Waals surface area contributed by atoms with Crippen molar-refractivity contribution in [2.75, 3.05) is 0 Å². The van der Waals surface area contributed by atoms with Crippen molar-refractivity contribution in [1.29, 1.82) is 0 Å². The van der Waals surface area contributed by atoms with Gasteiger partial charge in [-0.25, -0.2) is 15.0 Å². The van der Waals surface area contributed by atoms with Crippen molar-refractivity contribution < 1.29 is 0 Å². The average molecular weight is 1620 g/mol. The molecule has 0 bridgehead atoms. The van der Waals surface area contributed by atoms with Gasteiger partial charge in [-0.2, -0.15) is 0 Å². The zero-order chi connectivity index (χ0) is 84.3. The van der Waals surface area contributed by atoms with Crippen LogP contribution >= 0.6 is 0 Å². The van der Waals surface area contributed by atoms with Crippen LogP contribution in [0.15, 0.2) is 449 Å². The van der Waals surface area contributed by atoms with Crippen LogP contribution in [0.5, 0.6) is 0 Å². The van der Waals surface area contributed by atoms with Crippen molar-refractivity contribution in [3.05, 3.63) is 449 Å². The van der Waals surface area contributed by atoms with Gasteiger partial charge in [-0.1, -0.05) is 394 Å². The van der Waals surface area contributed by atoms with Crippen LogP contribution in [0.25, 0.3) is 262 Å². The lowest BCUT2D eigenvalue weighted by Crippen LogP contribution is -1.94. The monoisotopic (exact) mass is 1620 g/mol. The van der Waals surface area contributed by atoms with E-state index in [0.29, 0.717) is 0 Å². The van der Waals surface area contributed by atoms with Gasteiger partial charge < -0.3 is 0 Å². The van der Waals surface area contributed by atoms with Gasteiger partial charge in [0.2, 0.25) is 0 Å². The maximum Gasteiger partial charge on any atom is 0.0979 e. The van der Waals surface area contributed by atoms with Crippen LogP contribution in [0.4, 0.5) is 0 Å². The summed E-state index contributed by atoms with van der Waals surface area (Å²) in [5.74, 6) is 0. The van der Waals surface area contributed by atoms with Crippen molar-refractivity contribution in [2.45, 2.75) is 0 Å². The van der Waals surface area contributed by atoms with E-state index < -0.39 is 0 Å². The minimum atomic E-state index is 0.863. The topological polar surface area (TPSA) is 77.3 Å². The van der Waals surface area contributed by atoms with E-state index in [0.717, 1.165) is 116 Å². The number of nitrogens with zero attached hydrogens (tertiary/aromatic N) is 6. The van der Waals surface area contributed by atoms with Crippen LogP contribution < -0.4 is 0 Å². The van der Waals surface area contributed by atoms with Gasteiger partial charge in [0.25, 0.3) is 0 Å². The van der Waals surface area contributed by atoms with E-state index in [2.05, 4.69) is 431 Å². The summed E-state index contributed by atoms with van der Waals surface area (Å²) in [5, 5.41) is 34.4. The van der Waals surface area contributed by atoms with Crippen LogP contribution in [0.1, 0.15) is 0 Å². The molecule has 6 heteroatoms. The Kier molecular flexibility index (Phi) is 17.5. The lowest BCUT2D eigenvalue weighted by Gasteiger charge is -2.15. The number of hydrogen-bond acceptors (Lipinski definition) is 6. The van der Waals surface area contributed by atoms with Gasteiger partial charge in [-0.15, -0.1) is 0 Å². The van der Waals surface area contributed by atoms with Crippen molar-refractivity contribution >= 4 is 184 Å². The molecule has 592 valence electrons. The molecule has 0 saturated carbocycles. The SMILES string of the molecule is c1cc(-c2ccc3c4ccccc4c4ccccc4c3c2)cc(-c2cnc3c4ccccc4c4ccccc4c3n2)c1.c1ccc2c(-c3cc(-c4cnc5c6ccccc6c6ccccc6c5n4)cc(-c4cccc5ccccc45)c3)cccc2c1.c1ccc2c(c1)c1ccccc1c1cc(-c3ccc(-c4cnc5c6ccccc6c6ccccc6c5n4)cc3)ccc21. The zero-order valence-corrected chi connectivity index (χ0v) is 69.4. The first-order chi connectivity index (χ1) is 63.5. The number of rotatable bonds is 7. The molecule has 0 aliphatic carbocycles. The highest BCUT2D eigenvalue weighted by atomic mass is 14.8. The minimum absolute atomic E-state index is 0.863. The van der Waals surface area contributed by atoms with Crippen LogP contribution in [-0.2, 0) is 0 Å². The first-order valence-electron chi connectivity index (χ1n) is 43.7. The molecule has 3 heterocycles. The van der Waals surface area contributed by atoms with Gasteiger partial charge in [-0.3, -0.25) is 15.0 Å². The standard InChI is InChI=1S/C42H26N2.2C40H24N2/c1-3-15-32-27(11-1)13-9-21-34(32)29-23-30(35-22-10-14-28-12-2-4-16-33(28)35)25-31(24-29)40-26-43-41-38-19-7-5-17-36(38)37-18-6-8-20-39(37)42(41)44-40;1-2-14-30-28(12-1)29-13-3-4-17-33(29)37-23-26(20-21-34(30)37)25-10-9-11-27(22-25)38-24-41-39-35-18-7-5-15-31(35)32-16-6-8-19-36(32)40(39)42-38;1-2-11-30-28(9-1)29-10-3-4-14-33(29)37-23-27(21-22-34(30)37)25-17-19-26(20-18-25)38-24-41-39-35-15-7-5-12-31(35)32-13-6-8-16-36(32)40(39)42-38/h1-26H;2*1-24H. The van der Waals surface area contributed by atoms with Crippen molar-refractivity contribution in [3.8, 4) is 78.3 Å². The fraction of sp³-hybridized carbons (Fsp3) is 0. The normalized spacial score (nSPS) is 11.8. The first kappa shape index (κ1) is 73.6. The van der Waals surface area contributed by atoms with Crippen LogP contribution in [0, 0.1) is 0 Å². The fourth-order valence-corrected chi connectivity index (χ4v) is 20.2. The molecule has 0 saturated heterocycles. The quantitative estimate of drug-likeness (QED) is 0.148. The van der Waals surface area contributed by atoms with Gasteiger partial charge in [0.15, 0.2) is 0 Å². The van der Waals surface area contributed by atoms with Gasteiger partial charge in [0.05, 0.1) is 68.8 Å². The molecule has 128 heavy (non-hydrogen) atoms. The third-order valence-corrected chi connectivity index (χ3v) is 26.2. The summed E-state index contributed by atoms with van der Waals surface area (Å²) in [4.78, 5) is 30.7. The highest BCUT2D eigenvalue weighted by molar-refractivity contribution is 6.29. The molecule has 0 radical (unpaired) electrons. The lowest BCUT2D eigenvalue weighted by molar-refractivity contribution is 1.31. The largest absolute Gasteiger partial charge is 0.252 e. The summed E-state index contributed by atoms with van der Waals surface area (Å²) < 4.78 is 0. The highest BCUT2D eigenvalue weighted by Crippen LogP contribution is 2.45. The number of aromatic nitrogens is 6. The molecule has 0 amide bonds. The molecule has 3 aromatic heterocycles. The van der Waals surface area contributed by atoms with Crippen molar-refractivity contribution in [2.24, 2.45) is 0 Å². The molecule has 0 fully saturated rings. The number of hydrogen-bond donors (Lipinski definition) is 0. The molecule has 6 nitrogen and oxygen atoms in total. The lowest BCUT2D eigenvalue weighted by atomic mass is 9.91. The molecular formula is C122H74N6. The van der Waals surface area contributed by atoms with Gasteiger partial charge in [0, 0.05) is 49.0 Å². The van der Waals surface area contributed by atoms with Crippen molar-refractivity contribution in [1.82, 2.24) is 29.9 Å². The molecule has 27 aromatic rings. The Balaban J connectivity index is 0.000000104. The predicted octanol–water partition coefficient (Wildman–Crippen LogP) is 32.7. The molecule has 24 aromatic carbocycles. The highest BCUT2D eigenvalue weighted by Gasteiger charge is 2.21. The van der Waals surface area contributed by atoms with E-state index >= 15 is 0 Å². The molecular weight excluding hydrogens is 1550 g/mol. The van der Waals surface area contributed by atoms with E-state index in [9.17, 15) is 0 Å². The summed E-state index contributed by atoms with van der Waals surface area (Å²) in [7, 11) is 0. The smallest absolute Gasteiger partial charge is 0.0979 e. The fourth-order valence-electron chi connectivity index (χ4n) is 20.2. The van der Waals surface area contributed by atoms with Gasteiger partial charge >= 0.3 is 0 Å². The maximum absolute atomic E-state index is 5.36. The minimum Gasteiger partial charge on any atom is -0.252 e. The number of benzene rings is 24. The Hall–Kier alpha value is -17.1. The zero-order valence-electron chi connectivity index (χ0n) is 69.4. The molecule has 0 atom stereocenters. The van der Waals surface area contributed by atoms with Crippen LogP contribution in [0.2, 0.25) is 0 Å². The van der Waals surface area contributed by atoms with E-state index in [4.69, 9.17) is 29.9 Å². The molecule has 0 aliphatic rings. The summed E-state index contributed by atoms with van der Waals surface area (Å²) in [6, 6.07) is 154. The Morgan fingerprint density at radius 3 is 0.695 bits per heavy atom. The Morgan fingerprint density at radius 2 is 0.336 bits per heavy atom. The van der Waals surface area contributed by atoms with E-state index in [1.165, 1.54) is 146 Å². The molecule has 0 unspecified atom stereocenters. The maximum atomic E-state index is 5.36. The van der Waals surface area contributed by atoms with E-state index in [-0.39, 0.29) is 0 Å². The number of fused-ring (bicyclic) bond motifs is 32. The predicted molar refractivity (Wildman–Crippen MR) is 542 cm³/mol. The van der Waals surface area contributed by atoms with E-state index in [1.807, 2.05) is 18.6 Å². The summed E-state index contributed by atoms with van der Waals surface area (Å²) in [6.07, 6.45) is 5.77. The second-order valence-electron chi connectivity index (χ2n) is 33.3. The second-order valence-corrected chi connectivity index (χ2v) is 33.3. The second kappa shape index (κ2) is 30.5. The van der Waals surface area contributed by atoms with Crippen LogP contribution in [0.3, 0.4) is 0 Å². The summed E-state index contributed by atoms with van der Waals surface area (Å²) in [6.45, 7) is 0. The van der Waals surface area contributed by atoms with E-state index in [1.54, 1.807) is 0 Å².